The Labute approximate surface area is 262 Å². The second kappa shape index (κ2) is 13.2. The Morgan fingerprint density at radius 2 is 1.82 bits per heavy atom. The van der Waals surface area contributed by atoms with Crippen LogP contribution in [-0.4, -0.2) is 49.6 Å². The second-order valence-electron chi connectivity index (χ2n) is 10.2. The molecule has 5 rings (SSSR count). The van der Waals surface area contributed by atoms with Gasteiger partial charge >= 0.3 is 6.36 Å². The Hall–Kier alpha value is -4.23. The molecule has 2 heterocycles. The van der Waals surface area contributed by atoms with Crippen LogP contribution in [0.5, 0.6) is 5.75 Å². The van der Waals surface area contributed by atoms with Crippen molar-refractivity contribution in [2.24, 2.45) is 4.99 Å². The molecule has 1 aromatic heterocycles. The number of hydrogen-bond donors (Lipinski definition) is 1. The molecule has 1 N–H and O–H groups in total. The predicted molar refractivity (Wildman–Crippen MR) is 170 cm³/mol. The van der Waals surface area contributed by atoms with E-state index in [1.54, 1.807) is 4.90 Å². The number of aliphatic imine (C=N–C) groups is 1. The standard InChI is InChI=1S/C31H29F3N6O2S2/c1-19-14-20(2)27(21(3)15-19)40-26(41)17-44-30(40)37-29(43)35-13-5-7-22-6-4-8-23(16-22)28-36-18-39(38-28)24-9-11-25(12-10-24)42-31(32,33)34/h4,6,8-12,14-16,18H,5,7,13,17H2,1-3H3,(H,35,43). The van der Waals surface area contributed by atoms with Crippen molar-refractivity contribution in [2.45, 2.75) is 40.0 Å². The molecule has 3 aromatic carbocycles. The van der Waals surface area contributed by atoms with Crippen molar-refractivity contribution < 1.29 is 22.7 Å². The number of thioether (sulfide) groups is 1. The first-order valence-corrected chi connectivity index (χ1v) is 15.1. The van der Waals surface area contributed by atoms with Gasteiger partial charge < -0.3 is 10.1 Å². The fraction of sp³-hybridized carbons (Fsp3) is 0.258. The van der Waals surface area contributed by atoms with Gasteiger partial charge in [-0.15, -0.1) is 18.3 Å². The van der Waals surface area contributed by atoms with E-state index in [4.69, 9.17) is 12.2 Å². The van der Waals surface area contributed by atoms with Gasteiger partial charge in [0.1, 0.15) is 12.1 Å². The largest absolute Gasteiger partial charge is 0.573 e. The third-order valence-electron chi connectivity index (χ3n) is 6.75. The first-order chi connectivity index (χ1) is 21.0. The van der Waals surface area contributed by atoms with Crippen LogP contribution in [-0.2, 0) is 11.2 Å². The highest BCUT2D eigenvalue weighted by Crippen LogP contribution is 2.33. The number of carbonyl (C=O) groups excluding carboxylic acids is 1. The number of aromatic nitrogens is 3. The van der Waals surface area contributed by atoms with Crippen molar-refractivity contribution in [3.63, 3.8) is 0 Å². The van der Waals surface area contributed by atoms with Crippen LogP contribution < -0.4 is 15.0 Å². The van der Waals surface area contributed by atoms with Crippen molar-refractivity contribution in [3.05, 3.63) is 89.2 Å². The van der Waals surface area contributed by atoms with Crippen molar-refractivity contribution in [3.8, 4) is 22.8 Å². The molecule has 44 heavy (non-hydrogen) atoms. The Balaban J connectivity index is 1.16. The molecule has 0 saturated carbocycles. The molecule has 1 saturated heterocycles. The molecule has 0 bridgehead atoms. The molecular formula is C31H29F3N6O2S2. The van der Waals surface area contributed by atoms with E-state index in [1.807, 2.05) is 45.0 Å². The molecule has 1 fully saturated rings. The number of amidine groups is 1. The number of aryl methyl sites for hydroxylation is 4. The summed E-state index contributed by atoms with van der Waals surface area (Å²) in [5.41, 5.74) is 6.48. The van der Waals surface area contributed by atoms with E-state index in [0.29, 0.717) is 34.1 Å². The van der Waals surface area contributed by atoms with Gasteiger partial charge in [0, 0.05) is 12.1 Å². The van der Waals surface area contributed by atoms with Gasteiger partial charge in [0.15, 0.2) is 16.1 Å². The minimum absolute atomic E-state index is 0.0146. The zero-order chi connectivity index (χ0) is 31.4. The molecular weight excluding hydrogens is 610 g/mol. The average molecular weight is 639 g/mol. The molecule has 4 aromatic rings. The van der Waals surface area contributed by atoms with Gasteiger partial charge in [-0.3, -0.25) is 9.69 Å². The fourth-order valence-corrected chi connectivity index (χ4v) is 6.10. The van der Waals surface area contributed by atoms with Crippen molar-refractivity contribution in [1.29, 1.82) is 0 Å². The fourth-order valence-electron chi connectivity index (χ4n) is 4.99. The summed E-state index contributed by atoms with van der Waals surface area (Å²) in [6.45, 7) is 6.62. The monoisotopic (exact) mass is 638 g/mol. The van der Waals surface area contributed by atoms with E-state index in [9.17, 15) is 18.0 Å². The number of carbonyl (C=O) groups is 1. The zero-order valence-electron chi connectivity index (χ0n) is 24.2. The quantitative estimate of drug-likeness (QED) is 0.170. The Kier molecular flexibility index (Phi) is 9.35. The topological polar surface area (TPSA) is 84.6 Å². The Morgan fingerprint density at radius 1 is 1.09 bits per heavy atom. The number of hydrogen-bond acceptors (Lipinski definition) is 6. The Morgan fingerprint density at radius 3 is 2.52 bits per heavy atom. The minimum atomic E-state index is -4.75. The van der Waals surface area contributed by atoms with E-state index >= 15 is 0 Å². The second-order valence-corrected chi connectivity index (χ2v) is 11.6. The highest BCUT2D eigenvalue weighted by molar-refractivity contribution is 8.15. The molecule has 13 heteroatoms. The third kappa shape index (κ3) is 7.64. The lowest BCUT2D eigenvalue weighted by Crippen LogP contribution is -2.32. The van der Waals surface area contributed by atoms with Gasteiger partial charge in [0.2, 0.25) is 5.91 Å². The summed E-state index contributed by atoms with van der Waals surface area (Å²) < 4.78 is 42.7. The number of nitrogens with one attached hydrogen (secondary N) is 1. The maximum atomic E-state index is 12.7. The van der Waals surface area contributed by atoms with Crippen LogP contribution in [0, 0.1) is 20.8 Å². The summed E-state index contributed by atoms with van der Waals surface area (Å²) in [6, 6.07) is 17.4. The van der Waals surface area contributed by atoms with Crippen LogP contribution in [0.1, 0.15) is 28.7 Å². The lowest BCUT2D eigenvalue weighted by Gasteiger charge is -2.21. The number of benzene rings is 3. The van der Waals surface area contributed by atoms with Crippen molar-refractivity contribution in [2.75, 3.05) is 17.2 Å². The number of alkyl halides is 3. The summed E-state index contributed by atoms with van der Waals surface area (Å²) >= 11 is 6.86. The predicted octanol–water partition coefficient (Wildman–Crippen LogP) is 6.70. The molecule has 1 aliphatic rings. The molecule has 0 aliphatic carbocycles. The van der Waals surface area contributed by atoms with Gasteiger partial charge in [-0.1, -0.05) is 47.7 Å². The van der Waals surface area contributed by atoms with Gasteiger partial charge in [0.25, 0.3) is 0 Å². The van der Waals surface area contributed by atoms with Gasteiger partial charge in [-0.25, -0.2) is 9.67 Å². The molecule has 0 atom stereocenters. The van der Waals surface area contributed by atoms with Gasteiger partial charge in [0.05, 0.1) is 17.1 Å². The first kappa shape index (κ1) is 31.2. The SMILES string of the molecule is Cc1cc(C)c(N2C(=O)CSC2=NC(=S)NCCCc2cccc(-c3ncn(-c4ccc(OC(F)(F)F)cc4)n3)c2)c(C)c1. The van der Waals surface area contributed by atoms with Crippen LogP contribution >= 0.6 is 24.0 Å². The first-order valence-electron chi connectivity index (χ1n) is 13.7. The smallest absolute Gasteiger partial charge is 0.406 e. The molecule has 228 valence electrons. The zero-order valence-corrected chi connectivity index (χ0v) is 25.8. The van der Waals surface area contributed by atoms with E-state index in [0.717, 1.165) is 46.3 Å². The highest BCUT2D eigenvalue weighted by atomic mass is 32.2. The average Bonchev–Trinajstić information content (AvgIpc) is 3.58. The number of anilines is 1. The highest BCUT2D eigenvalue weighted by Gasteiger charge is 2.32. The van der Waals surface area contributed by atoms with Crippen LogP contribution in [0.25, 0.3) is 17.1 Å². The van der Waals surface area contributed by atoms with Gasteiger partial charge in [-0.05, 0) is 92.9 Å². The Bertz CT molecular complexity index is 1700. The number of thiocarbonyl (C=S) groups is 1. The molecule has 1 amide bonds. The summed E-state index contributed by atoms with van der Waals surface area (Å²) in [4.78, 5) is 23.3. The normalized spacial score (nSPS) is 14.4. The third-order valence-corrected chi connectivity index (χ3v) is 7.91. The number of amides is 1. The lowest BCUT2D eigenvalue weighted by atomic mass is 10.0. The van der Waals surface area contributed by atoms with Crippen LogP contribution in [0.15, 0.2) is 72.0 Å². The molecule has 0 spiro atoms. The maximum absolute atomic E-state index is 12.7. The van der Waals surface area contributed by atoms with E-state index in [1.165, 1.54) is 47.0 Å². The lowest BCUT2D eigenvalue weighted by molar-refractivity contribution is -0.274. The summed E-state index contributed by atoms with van der Waals surface area (Å²) in [7, 11) is 0. The summed E-state index contributed by atoms with van der Waals surface area (Å²) in [6.07, 6.45) is -1.69. The van der Waals surface area contributed by atoms with Crippen molar-refractivity contribution in [1.82, 2.24) is 20.1 Å². The number of nitrogens with zero attached hydrogens (tertiary/aromatic N) is 5. The molecule has 0 radical (unpaired) electrons. The van der Waals surface area contributed by atoms with Crippen LogP contribution in [0.4, 0.5) is 18.9 Å². The van der Waals surface area contributed by atoms with E-state index < -0.39 is 6.36 Å². The van der Waals surface area contributed by atoms with E-state index in [2.05, 4.69) is 37.3 Å². The molecule has 1 aliphatic heterocycles. The summed E-state index contributed by atoms with van der Waals surface area (Å²) in [5.74, 6) is 0.490. The number of ether oxygens (including phenoxy) is 1. The van der Waals surface area contributed by atoms with E-state index in [-0.39, 0.29) is 11.7 Å². The minimum Gasteiger partial charge on any atom is -0.406 e. The van der Waals surface area contributed by atoms with Gasteiger partial charge in [-0.2, -0.15) is 4.99 Å². The maximum Gasteiger partial charge on any atom is 0.573 e. The number of halogens is 3. The molecule has 8 nitrogen and oxygen atoms in total. The number of rotatable bonds is 8. The summed E-state index contributed by atoms with van der Waals surface area (Å²) in [5, 5.41) is 8.57. The van der Waals surface area contributed by atoms with Crippen LogP contribution in [0.3, 0.4) is 0 Å². The van der Waals surface area contributed by atoms with Crippen LogP contribution in [0.2, 0.25) is 0 Å². The van der Waals surface area contributed by atoms with Crippen molar-refractivity contribution >= 4 is 45.9 Å². The molecule has 0 unspecified atom stereocenters.